The van der Waals surface area contributed by atoms with Gasteiger partial charge in [-0.05, 0) is 53.6 Å². The van der Waals surface area contributed by atoms with E-state index in [1.807, 2.05) is 18.2 Å². The maximum absolute atomic E-state index is 14.4. The monoisotopic (exact) mass is 471 g/mol. The minimum Gasteiger partial charge on any atom is -0.375 e. The van der Waals surface area contributed by atoms with E-state index in [2.05, 4.69) is 5.32 Å². The standard InChI is InChI=1S/C25H20ClF2NO2S/c26-19-10-16(11-20(27)13-19)12-21-14-22-23(28)7-6-18(24(22)32-21)15-31-9-8-29-25(30)17-4-2-1-3-5-17/h1-7,10-11,13-14H,8-9,12,15H2,(H,29,30). The number of fused-ring (bicyclic) bond motifs is 1. The van der Waals surface area contributed by atoms with Crippen LogP contribution in [0.5, 0.6) is 0 Å². The summed E-state index contributed by atoms with van der Waals surface area (Å²) >= 11 is 7.40. The van der Waals surface area contributed by atoms with Gasteiger partial charge in [0, 0.05) is 38.5 Å². The molecule has 0 spiro atoms. The molecule has 0 radical (unpaired) electrons. The van der Waals surface area contributed by atoms with Crippen molar-refractivity contribution < 1.29 is 18.3 Å². The predicted octanol–water partition coefficient (Wildman–Crippen LogP) is 6.37. The third-order valence-electron chi connectivity index (χ3n) is 4.89. The van der Waals surface area contributed by atoms with Gasteiger partial charge in [0.05, 0.1) is 13.2 Å². The number of thiophene rings is 1. The molecule has 1 amide bonds. The summed E-state index contributed by atoms with van der Waals surface area (Å²) in [5, 5.41) is 3.66. The molecule has 0 fully saturated rings. The van der Waals surface area contributed by atoms with Gasteiger partial charge in [0.25, 0.3) is 5.91 Å². The summed E-state index contributed by atoms with van der Waals surface area (Å²) in [6.45, 7) is 0.995. The Balaban J connectivity index is 1.38. The molecule has 0 aliphatic heterocycles. The number of benzene rings is 3. The van der Waals surface area contributed by atoms with E-state index < -0.39 is 5.82 Å². The first kappa shape index (κ1) is 22.4. The first-order valence-corrected chi connectivity index (χ1v) is 11.2. The topological polar surface area (TPSA) is 38.3 Å². The number of amides is 1. The number of ether oxygens (including phenoxy) is 1. The van der Waals surface area contributed by atoms with Crippen LogP contribution >= 0.6 is 22.9 Å². The Hall–Kier alpha value is -2.80. The van der Waals surface area contributed by atoms with E-state index in [0.29, 0.717) is 42.2 Å². The van der Waals surface area contributed by atoms with Crippen molar-refractivity contribution in [2.75, 3.05) is 13.2 Å². The Kier molecular flexibility index (Phi) is 7.15. The molecule has 1 N–H and O–H groups in total. The van der Waals surface area contributed by atoms with Crippen LogP contribution in [0.3, 0.4) is 0 Å². The fourth-order valence-corrected chi connectivity index (χ4v) is 4.87. The van der Waals surface area contributed by atoms with Crippen LogP contribution in [-0.2, 0) is 17.8 Å². The van der Waals surface area contributed by atoms with Crippen LogP contribution in [-0.4, -0.2) is 19.1 Å². The molecule has 3 aromatic carbocycles. The van der Waals surface area contributed by atoms with E-state index in [1.54, 1.807) is 30.3 Å². The SMILES string of the molecule is O=C(NCCOCc1ccc(F)c2cc(Cc3cc(F)cc(Cl)c3)sc12)c1ccccc1. The molecule has 0 bridgehead atoms. The second-order valence-corrected chi connectivity index (χ2v) is 8.86. The number of carbonyl (C=O) groups excluding carboxylic acids is 1. The largest absolute Gasteiger partial charge is 0.375 e. The van der Waals surface area contributed by atoms with Crippen molar-refractivity contribution in [3.05, 3.63) is 105 Å². The van der Waals surface area contributed by atoms with E-state index in [-0.39, 0.29) is 11.7 Å². The molecule has 7 heteroatoms. The molecular formula is C25H20ClF2NO2S. The van der Waals surface area contributed by atoms with Crippen molar-refractivity contribution in [3.8, 4) is 0 Å². The highest BCUT2D eigenvalue weighted by molar-refractivity contribution is 7.19. The molecule has 4 aromatic rings. The number of halogens is 3. The van der Waals surface area contributed by atoms with Gasteiger partial charge in [-0.2, -0.15) is 0 Å². The molecule has 0 aliphatic carbocycles. The lowest BCUT2D eigenvalue weighted by atomic mass is 10.1. The van der Waals surface area contributed by atoms with Crippen LogP contribution < -0.4 is 5.32 Å². The van der Waals surface area contributed by atoms with Gasteiger partial charge in [-0.3, -0.25) is 4.79 Å². The zero-order chi connectivity index (χ0) is 22.5. The lowest BCUT2D eigenvalue weighted by Gasteiger charge is -2.08. The summed E-state index contributed by atoms with van der Waals surface area (Å²) in [5.74, 6) is -0.856. The van der Waals surface area contributed by atoms with Gasteiger partial charge >= 0.3 is 0 Å². The smallest absolute Gasteiger partial charge is 0.251 e. The van der Waals surface area contributed by atoms with E-state index in [0.717, 1.165) is 20.7 Å². The highest BCUT2D eigenvalue weighted by Crippen LogP contribution is 2.33. The van der Waals surface area contributed by atoms with Crippen molar-refractivity contribution in [3.63, 3.8) is 0 Å². The molecule has 164 valence electrons. The summed E-state index contributed by atoms with van der Waals surface area (Å²) in [6.07, 6.45) is 0.460. The molecule has 0 atom stereocenters. The molecule has 0 saturated heterocycles. The van der Waals surface area contributed by atoms with Crippen molar-refractivity contribution in [1.82, 2.24) is 5.32 Å². The number of hydrogen-bond acceptors (Lipinski definition) is 3. The second-order valence-electron chi connectivity index (χ2n) is 7.29. The molecule has 0 aliphatic rings. The number of nitrogens with one attached hydrogen (secondary N) is 1. The Bertz CT molecular complexity index is 1220. The maximum atomic E-state index is 14.4. The molecule has 1 heterocycles. The van der Waals surface area contributed by atoms with Crippen LogP contribution in [0, 0.1) is 11.6 Å². The third-order valence-corrected chi connectivity index (χ3v) is 6.32. The quantitative estimate of drug-likeness (QED) is 0.303. The van der Waals surface area contributed by atoms with Gasteiger partial charge in [0.1, 0.15) is 11.6 Å². The normalized spacial score (nSPS) is 11.1. The van der Waals surface area contributed by atoms with E-state index in [4.69, 9.17) is 16.3 Å². The Morgan fingerprint density at radius 3 is 2.62 bits per heavy atom. The number of carbonyl (C=O) groups is 1. The Morgan fingerprint density at radius 1 is 1.03 bits per heavy atom. The van der Waals surface area contributed by atoms with Crippen molar-refractivity contribution >= 4 is 38.9 Å². The van der Waals surface area contributed by atoms with Gasteiger partial charge in [0.15, 0.2) is 0 Å². The summed E-state index contributed by atoms with van der Waals surface area (Å²) < 4.78 is 34.5. The van der Waals surface area contributed by atoms with Gasteiger partial charge in [-0.15, -0.1) is 11.3 Å². The van der Waals surface area contributed by atoms with Crippen molar-refractivity contribution in [2.45, 2.75) is 13.0 Å². The average Bonchev–Trinajstić information content (AvgIpc) is 3.19. The highest BCUT2D eigenvalue weighted by Gasteiger charge is 2.12. The predicted molar refractivity (Wildman–Crippen MR) is 124 cm³/mol. The highest BCUT2D eigenvalue weighted by atomic mass is 35.5. The van der Waals surface area contributed by atoms with Crippen LogP contribution in [0.1, 0.15) is 26.4 Å². The Labute approximate surface area is 193 Å². The Morgan fingerprint density at radius 2 is 1.84 bits per heavy atom. The zero-order valence-electron chi connectivity index (χ0n) is 17.0. The molecular weight excluding hydrogens is 452 g/mol. The number of hydrogen-bond donors (Lipinski definition) is 1. The number of rotatable bonds is 8. The minimum absolute atomic E-state index is 0.154. The van der Waals surface area contributed by atoms with E-state index >= 15 is 0 Å². The zero-order valence-corrected chi connectivity index (χ0v) is 18.6. The molecule has 32 heavy (non-hydrogen) atoms. The van der Waals surface area contributed by atoms with Crippen molar-refractivity contribution in [2.24, 2.45) is 0 Å². The molecule has 4 rings (SSSR count). The van der Waals surface area contributed by atoms with Crippen LogP contribution in [0.2, 0.25) is 5.02 Å². The van der Waals surface area contributed by atoms with E-state index in [9.17, 15) is 13.6 Å². The van der Waals surface area contributed by atoms with E-state index in [1.165, 1.54) is 29.5 Å². The summed E-state index contributed by atoms with van der Waals surface area (Å²) in [7, 11) is 0. The van der Waals surface area contributed by atoms with Crippen LogP contribution in [0.25, 0.3) is 10.1 Å². The summed E-state index contributed by atoms with van der Waals surface area (Å²) in [6, 6.07) is 18.3. The van der Waals surface area contributed by atoms with Gasteiger partial charge in [-0.1, -0.05) is 35.9 Å². The summed E-state index contributed by atoms with van der Waals surface area (Å²) in [4.78, 5) is 13.0. The lowest BCUT2D eigenvalue weighted by molar-refractivity contribution is 0.0902. The van der Waals surface area contributed by atoms with Crippen LogP contribution in [0.15, 0.2) is 66.7 Å². The minimum atomic E-state index is -0.395. The third kappa shape index (κ3) is 5.51. The van der Waals surface area contributed by atoms with Gasteiger partial charge in [-0.25, -0.2) is 8.78 Å². The fourth-order valence-electron chi connectivity index (χ4n) is 3.42. The first-order chi connectivity index (χ1) is 15.5. The maximum Gasteiger partial charge on any atom is 0.251 e. The molecule has 1 aromatic heterocycles. The summed E-state index contributed by atoms with van der Waals surface area (Å²) in [5.41, 5.74) is 2.19. The fraction of sp³-hybridized carbons (Fsp3) is 0.160. The average molecular weight is 472 g/mol. The first-order valence-electron chi connectivity index (χ1n) is 10.1. The second kappa shape index (κ2) is 10.2. The lowest BCUT2D eigenvalue weighted by Crippen LogP contribution is -2.27. The molecule has 3 nitrogen and oxygen atoms in total. The molecule has 0 unspecified atom stereocenters. The van der Waals surface area contributed by atoms with Gasteiger partial charge < -0.3 is 10.1 Å². The van der Waals surface area contributed by atoms with Crippen LogP contribution in [0.4, 0.5) is 8.78 Å². The molecule has 0 saturated carbocycles. The van der Waals surface area contributed by atoms with Crippen molar-refractivity contribution in [1.29, 1.82) is 0 Å². The van der Waals surface area contributed by atoms with Gasteiger partial charge in [0.2, 0.25) is 0 Å².